The summed E-state index contributed by atoms with van der Waals surface area (Å²) in [5.74, 6) is 1.73. The van der Waals surface area contributed by atoms with Gasteiger partial charge in [0.05, 0.1) is 6.54 Å². The first-order chi connectivity index (χ1) is 10.7. The summed E-state index contributed by atoms with van der Waals surface area (Å²) in [4.78, 5) is 4.20. The summed E-state index contributed by atoms with van der Waals surface area (Å²) in [5.41, 5.74) is 0. The number of aliphatic hydroxyl groups is 1. The van der Waals surface area contributed by atoms with Gasteiger partial charge < -0.3 is 15.2 Å². The van der Waals surface area contributed by atoms with Crippen LogP contribution in [0.5, 0.6) is 5.75 Å². The molecule has 2 aromatic rings. The van der Waals surface area contributed by atoms with E-state index in [2.05, 4.69) is 15.4 Å². The van der Waals surface area contributed by atoms with Crippen LogP contribution in [0, 0.1) is 0 Å². The van der Waals surface area contributed by atoms with Crippen LogP contribution in [0.4, 0.5) is 0 Å². The fourth-order valence-electron chi connectivity index (χ4n) is 2.49. The van der Waals surface area contributed by atoms with Gasteiger partial charge in [-0.05, 0) is 30.7 Å². The van der Waals surface area contributed by atoms with Crippen LogP contribution < -0.4 is 10.1 Å². The summed E-state index contributed by atoms with van der Waals surface area (Å²) < 4.78 is 7.44. The predicted molar refractivity (Wildman–Crippen MR) is 83.1 cm³/mol. The van der Waals surface area contributed by atoms with Crippen molar-refractivity contribution in [2.45, 2.75) is 31.5 Å². The van der Waals surface area contributed by atoms with Crippen LogP contribution in [0.1, 0.15) is 12.2 Å². The molecule has 118 valence electrons. The van der Waals surface area contributed by atoms with E-state index in [4.69, 9.17) is 16.3 Å². The minimum atomic E-state index is -0.562. The highest BCUT2D eigenvalue weighted by atomic mass is 35.5. The molecule has 0 saturated carbocycles. The SMILES string of the molecule is O[C@@H](CN[C@@H]1CCc2ncnn2C1)COc1ccc(Cl)cc1. The number of aliphatic hydroxyl groups excluding tert-OH is 1. The van der Waals surface area contributed by atoms with Crippen molar-refractivity contribution < 1.29 is 9.84 Å². The second-order valence-electron chi connectivity index (χ2n) is 5.42. The van der Waals surface area contributed by atoms with E-state index in [1.165, 1.54) is 0 Å². The van der Waals surface area contributed by atoms with Crippen LogP contribution in [-0.2, 0) is 13.0 Å². The van der Waals surface area contributed by atoms with Gasteiger partial charge in [0.15, 0.2) is 0 Å². The lowest BCUT2D eigenvalue weighted by atomic mass is 10.1. The van der Waals surface area contributed by atoms with Crippen molar-refractivity contribution in [3.05, 3.63) is 41.4 Å². The average Bonchev–Trinajstić information content (AvgIpc) is 3.00. The first-order valence-corrected chi connectivity index (χ1v) is 7.75. The van der Waals surface area contributed by atoms with Gasteiger partial charge in [-0.2, -0.15) is 5.10 Å². The van der Waals surface area contributed by atoms with Gasteiger partial charge in [0.1, 0.15) is 30.6 Å². The van der Waals surface area contributed by atoms with Gasteiger partial charge in [-0.15, -0.1) is 0 Å². The standard InChI is InChI=1S/C15H19ClN4O2/c16-11-1-4-14(5-2-11)22-9-13(21)7-17-12-3-6-15-18-10-19-20(15)8-12/h1-2,4-5,10,12-13,17,21H,3,6-9H2/t12-,13+/m1/s1. The van der Waals surface area contributed by atoms with E-state index in [0.29, 0.717) is 23.4 Å². The molecule has 22 heavy (non-hydrogen) atoms. The molecule has 1 aromatic carbocycles. The Labute approximate surface area is 134 Å². The largest absolute Gasteiger partial charge is 0.491 e. The Morgan fingerprint density at radius 3 is 3.05 bits per heavy atom. The Morgan fingerprint density at radius 1 is 1.41 bits per heavy atom. The summed E-state index contributed by atoms with van der Waals surface area (Å²) in [6.45, 7) is 1.53. The Hall–Kier alpha value is -1.63. The zero-order chi connectivity index (χ0) is 15.4. The molecule has 0 unspecified atom stereocenters. The lowest BCUT2D eigenvalue weighted by Crippen LogP contribution is -2.42. The number of hydrogen-bond acceptors (Lipinski definition) is 5. The molecule has 7 heteroatoms. The normalized spacial score (nSPS) is 18.7. The fourth-order valence-corrected chi connectivity index (χ4v) is 2.62. The molecule has 0 spiro atoms. The zero-order valence-corrected chi connectivity index (χ0v) is 12.9. The summed E-state index contributed by atoms with van der Waals surface area (Å²) in [6.07, 6.45) is 2.94. The van der Waals surface area contributed by atoms with Gasteiger partial charge in [0.25, 0.3) is 0 Å². The number of nitrogens with zero attached hydrogens (tertiary/aromatic N) is 3. The molecule has 1 aliphatic rings. The molecule has 0 saturated heterocycles. The van der Waals surface area contributed by atoms with Crippen molar-refractivity contribution in [1.29, 1.82) is 0 Å². The molecule has 2 atom stereocenters. The number of benzene rings is 1. The molecule has 1 aliphatic heterocycles. The number of fused-ring (bicyclic) bond motifs is 1. The summed E-state index contributed by atoms with van der Waals surface area (Å²) in [5, 5.41) is 18.2. The van der Waals surface area contributed by atoms with E-state index in [1.54, 1.807) is 30.6 Å². The van der Waals surface area contributed by atoms with Crippen molar-refractivity contribution in [3.63, 3.8) is 0 Å². The summed E-state index contributed by atoms with van der Waals surface area (Å²) >= 11 is 5.81. The van der Waals surface area contributed by atoms with Crippen molar-refractivity contribution in [1.82, 2.24) is 20.1 Å². The van der Waals surface area contributed by atoms with Crippen molar-refractivity contribution in [2.75, 3.05) is 13.2 Å². The second-order valence-corrected chi connectivity index (χ2v) is 5.86. The molecular formula is C15H19ClN4O2. The molecule has 0 radical (unpaired) electrons. The minimum Gasteiger partial charge on any atom is -0.491 e. The Morgan fingerprint density at radius 2 is 2.23 bits per heavy atom. The smallest absolute Gasteiger partial charge is 0.138 e. The maximum absolute atomic E-state index is 10.0. The van der Waals surface area contributed by atoms with Gasteiger partial charge in [-0.25, -0.2) is 9.67 Å². The van der Waals surface area contributed by atoms with E-state index >= 15 is 0 Å². The molecule has 0 aliphatic carbocycles. The Balaban J connectivity index is 1.39. The maximum Gasteiger partial charge on any atom is 0.138 e. The van der Waals surface area contributed by atoms with Crippen molar-refractivity contribution >= 4 is 11.6 Å². The molecular weight excluding hydrogens is 304 g/mol. The lowest BCUT2D eigenvalue weighted by molar-refractivity contribution is 0.101. The van der Waals surface area contributed by atoms with Crippen LogP contribution in [0.2, 0.25) is 5.02 Å². The molecule has 1 aromatic heterocycles. The predicted octanol–water partition coefficient (Wildman–Crippen LogP) is 1.28. The van der Waals surface area contributed by atoms with Gasteiger partial charge in [0, 0.05) is 24.0 Å². The topological polar surface area (TPSA) is 72.2 Å². The molecule has 0 amide bonds. The number of aryl methyl sites for hydroxylation is 1. The number of hydrogen-bond donors (Lipinski definition) is 2. The number of ether oxygens (including phenoxy) is 1. The zero-order valence-electron chi connectivity index (χ0n) is 12.2. The quantitative estimate of drug-likeness (QED) is 0.838. The van der Waals surface area contributed by atoms with Crippen LogP contribution in [-0.4, -0.2) is 45.2 Å². The van der Waals surface area contributed by atoms with Crippen LogP contribution in [0.3, 0.4) is 0 Å². The minimum absolute atomic E-state index is 0.246. The molecule has 2 N–H and O–H groups in total. The highest BCUT2D eigenvalue weighted by Crippen LogP contribution is 2.15. The number of aromatic nitrogens is 3. The van der Waals surface area contributed by atoms with Gasteiger partial charge in [-0.3, -0.25) is 0 Å². The number of halogens is 1. The van der Waals surface area contributed by atoms with Crippen molar-refractivity contribution in [3.8, 4) is 5.75 Å². The molecule has 3 rings (SSSR count). The van der Waals surface area contributed by atoms with Gasteiger partial charge >= 0.3 is 0 Å². The van der Waals surface area contributed by atoms with Crippen LogP contribution >= 0.6 is 11.6 Å². The summed E-state index contributed by atoms with van der Waals surface area (Å²) in [6, 6.07) is 7.41. The highest BCUT2D eigenvalue weighted by Gasteiger charge is 2.20. The molecule has 2 heterocycles. The average molecular weight is 323 g/mol. The third-order valence-electron chi connectivity index (χ3n) is 3.70. The van der Waals surface area contributed by atoms with E-state index in [0.717, 1.165) is 25.2 Å². The molecule has 6 nitrogen and oxygen atoms in total. The monoisotopic (exact) mass is 322 g/mol. The fraction of sp³-hybridized carbons (Fsp3) is 0.467. The maximum atomic E-state index is 10.0. The van der Waals surface area contributed by atoms with E-state index < -0.39 is 6.10 Å². The third kappa shape index (κ3) is 3.97. The first kappa shape index (κ1) is 15.3. The number of rotatable bonds is 6. The van der Waals surface area contributed by atoms with E-state index in [-0.39, 0.29) is 6.61 Å². The lowest BCUT2D eigenvalue weighted by Gasteiger charge is -2.24. The Bertz CT molecular complexity index is 602. The molecule has 0 fully saturated rings. The molecule has 0 bridgehead atoms. The van der Waals surface area contributed by atoms with Crippen LogP contribution in [0.15, 0.2) is 30.6 Å². The van der Waals surface area contributed by atoms with Gasteiger partial charge in [0.2, 0.25) is 0 Å². The van der Waals surface area contributed by atoms with E-state index in [9.17, 15) is 5.11 Å². The number of nitrogens with one attached hydrogen (secondary N) is 1. The van der Waals surface area contributed by atoms with Gasteiger partial charge in [-0.1, -0.05) is 11.6 Å². The highest BCUT2D eigenvalue weighted by molar-refractivity contribution is 6.30. The second kappa shape index (κ2) is 7.09. The van der Waals surface area contributed by atoms with E-state index in [1.807, 2.05) is 4.68 Å². The van der Waals surface area contributed by atoms with Crippen molar-refractivity contribution in [2.24, 2.45) is 0 Å². The first-order valence-electron chi connectivity index (χ1n) is 7.37. The van der Waals surface area contributed by atoms with Crippen LogP contribution in [0.25, 0.3) is 0 Å². The summed E-state index contributed by atoms with van der Waals surface area (Å²) in [7, 11) is 0. The third-order valence-corrected chi connectivity index (χ3v) is 3.96. The Kier molecular flexibility index (Phi) is 4.92.